The zero-order valence-corrected chi connectivity index (χ0v) is 12.1. The zero-order valence-electron chi connectivity index (χ0n) is 10.5. The molecule has 1 aromatic rings. The van der Waals surface area contributed by atoms with Crippen LogP contribution in [0.3, 0.4) is 0 Å². The second-order valence-corrected chi connectivity index (χ2v) is 5.59. The van der Waals surface area contributed by atoms with Gasteiger partial charge in [-0.2, -0.15) is 0 Å². The van der Waals surface area contributed by atoms with Crippen LogP contribution >= 0.6 is 15.9 Å². The van der Waals surface area contributed by atoms with E-state index in [1.54, 1.807) is 6.07 Å². The number of carbonyl (C=O) groups excluding carboxylic acids is 1. The van der Waals surface area contributed by atoms with Crippen molar-refractivity contribution in [3.8, 4) is 5.75 Å². The molecule has 0 aliphatic carbocycles. The van der Waals surface area contributed by atoms with Gasteiger partial charge in [-0.05, 0) is 25.0 Å². The van der Waals surface area contributed by atoms with Crippen molar-refractivity contribution in [2.75, 3.05) is 13.7 Å². The number of nitrogens with one attached hydrogen (secondary N) is 1. The Labute approximate surface area is 115 Å². The maximum atomic E-state index is 13.6. The number of halogens is 2. The Morgan fingerprint density at radius 2 is 2.28 bits per heavy atom. The molecule has 0 bridgehead atoms. The van der Waals surface area contributed by atoms with E-state index in [9.17, 15) is 9.18 Å². The van der Waals surface area contributed by atoms with Crippen LogP contribution in [0.5, 0.6) is 5.75 Å². The van der Waals surface area contributed by atoms with Gasteiger partial charge in [0.25, 0.3) is 5.91 Å². The topological polar surface area (TPSA) is 38.3 Å². The molecule has 0 saturated heterocycles. The van der Waals surface area contributed by atoms with Crippen molar-refractivity contribution in [3.63, 3.8) is 0 Å². The standard InChI is InChI=1S/C13H17BrFNO2/c1-9(14)4-3-7-16-13(17)11-6-5-10(18-2)8-12(11)15/h5-6,8-9H,3-4,7H2,1-2H3,(H,16,17). The molecule has 3 nitrogen and oxygen atoms in total. The quantitative estimate of drug-likeness (QED) is 0.646. The Kier molecular flexibility index (Phi) is 6.12. The summed E-state index contributed by atoms with van der Waals surface area (Å²) in [7, 11) is 1.45. The van der Waals surface area contributed by atoms with Crippen LogP contribution in [0.2, 0.25) is 0 Å². The van der Waals surface area contributed by atoms with Crippen LogP contribution in [0, 0.1) is 5.82 Å². The normalized spacial score (nSPS) is 12.0. The van der Waals surface area contributed by atoms with Crippen LogP contribution in [0.4, 0.5) is 4.39 Å². The molecular formula is C13H17BrFNO2. The molecule has 1 rings (SSSR count). The fourth-order valence-corrected chi connectivity index (χ4v) is 1.81. The average Bonchev–Trinajstić information content (AvgIpc) is 2.33. The van der Waals surface area contributed by atoms with Crippen LogP contribution < -0.4 is 10.1 Å². The first kappa shape index (κ1) is 15.0. The van der Waals surface area contributed by atoms with Crippen LogP contribution in [0.25, 0.3) is 0 Å². The number of hydrogen-bond donors (Lipinski definition) is 1. The maximum absolute atomic E-state index is 13.6. The van der Waals surface area contributed by atoms with E-state index in [1.165, 1.54) is 19.2 Å². The zero-order chi connectivity index (χ0) is 13.5. The van der Waals surface area contributed by atoms with E-state index in [0.29, 0.717) is 17.1 Å². The summed E-state index contributed by atoms with van der Waals surface area (Å²) in [6, 6.07) is 4.20. The molecule has 100 valence electrons. The Balaban J connectivity index is 2.51. The second kappa shape index (κ2) is 7.36. The minimum atomic E-state index is -0.569. The van der Waals surface area contributed by atoms with Crippen molar-refractivity contribution in [1.82, 2.24) is 5.32 Å². The van der Waals surface area contributed by atoms with Crippen LogP contribution in [-0.2, 0) is 0 Å². The maximum Gasteiger partial charge on any atom is 0.254 e. The summed E-state index contributed by atoms with van der Waals surface area (Å²) in [5.74, 6) is -0.560. The molecule has 1 N–H and O–H groups in total. The number of methoxy groups -OCH3 is 1. The van der Waals surface area contributed by atoms with E-state index in [0.717, 1.165) is 12.8 Å². The van der Waals surface area contributed by atoms with E-state index in [1.807, 2.05) is 6.92 Å². The predicted octanol–water partition coefficient (Wildman–Crippen LogP) is 3.13. The van der Waals surface area contributed by atoms with Gasteiger partial charge >= 0.3 is 0 Å². The second-order valence-electron chi connectivity index (χ2n) is 4.02. The molecule has 5 heteroatoms. The first-order valence-electron chi connectivity index (χ1n) is 5.80. The summed E-state index contributed by atoms with van der Waals surface area (Å²) >= 11 is 3.43. The van der Waals surface area contributed by atoms with E-state index in [4.69, 9.17) is 4.74 Å². The number of amides is 1. The first-order valence-corrected chi connectivity index (χ1v) is 6.72. The van der Waals surface area contributed by atoms with Gasteiger partial charge in [0, 0.05) is 17.4 Å². The molecule has 1 atom stereocenters. The van der Waals surface area contributed by atoms with Gasteiger partial charge in [0.05, 0.1) is 12.7 Å². The number of benzene rings is 1. The largest absolute Gasteiger partial charge is 0.497 e. The van der Waals surface area contributed by atoms with Crippen LogP contribution in [0.1, 0.15) is 30.1 Å². The molecule has 0 aliphatic heterocycles. The fourth-order valence-electron chi connectivity index (χ4n) is 1.49. The average molecular weight is 318 g/mol. The van der Waals surface area contributed by atoms with Crippen LogP contribution in [-0.4, -0.2) is 24.4 Å². The lowest BCUT2D eigenvalue weighted by Gasteiger charge is -2.08. The number of rotatable bonds is 6. The van der Waals surface area contributed by atoms with E-state index < -0.39 is 11.7 Å². The van der Waals surface area contributed by atoms with Crippen molar-refractivity contribution in [1.29, 1.82) is 0 Å². The number of carbonyl (C=O) groups is 1. The van der Waals surface area contributed by atoms with Crippen molar-refractivity contribution in [2.24, 2.45) is 0 Å². The number of ether oxygens (including phenoxy) is 1. The lowest BCUT2D eigenvalue weighted by molar-refractivity contribution is 0.0949. The Bertz CT molecular complexity index is 410. The molecular weight excluding hydrogens is 301 g/mol. The van der Waals surface area contributed by atoms with Gasteiger partial charge in [-0.15, -0.1) is 0 Å². The molecule has 18 heavy (non-hydrogen) atoms. The Morgan fingerprint density at radius 1 is 1.56 bits per heavy atom. The molecule has 0 spiro atoms. The van der Waals surface area contributed by atoms with Gasteiger partial charge in [-0.3, -0.25) is 4.79 Å². The molecule has 0 heterocycles. The number of hydrogen-bond acceptors (Lipinski definition) is 2. The highest BCUT2D eigenvalue weighted by atomic mass is 79.9. The van der Waals surface area contributed by atoms with Crippen molar-refractivity contribution in [3.05, 3.63) is 29.6 Å². The Morgan fingerprint density at radius 3 is 2.83 bits per heavy atom. The summed E-state index contributed by atoms with van der Waals surface area (Å²) in [6.07, 6.45) is 1.82. The fraction of sp³-hybridized carbons (Fsp3) is 0.462. The molecule has 1 amide bonds. The molecule has 0 aromatic heterocycles. The van der Waals surface area contributed by atoms with Gasteiger partial charge in [0.1, 0.15) is 11.6 Å². The van der Waals surface area contributed by atoms with Crippen molar-refractivity contribution < 1.29 is 13.9 Å². The first-order chi connectivity index (χ1) is 8.54. The van der Waals surface area contributed by atoms with Crippen molar-refractivity contribution in [2.45, 2.75) is 24.6 Å². The van der Waals surface area contributed by atoms with Gasteiger partial charge < -0.3 is 10.1 Å². The van der Waals surface area contributed by atoms with Gasteiger partial charge in [0.15, 0.2) is 0 Å². The molecule has 0 fully saturated rings. The highest BCUT2D eigenvalue weighted by molar-refractivity contribution is 9.09. The summed E-state index contributed by atoms with van der Waals surface area (Å²) in [5.41, 5.74) is 0.0442. The summed E-state index contributed by atoms with van der Waals surface area (Å²) < 4.78 is 18.5. The Hall–Kier alpha value is -1.10. The molecule has 0 aliphatic rings. The SMILES string of the molecule is COc1ccc(C(=O)NCCCC(C)Br)c(F)c1. The van der Waals surface area contributed by atoms with Crippen LogP contribution in [0.15, 0.2) is 18.2 Å². The predicted molar refractivity (Wildman–Crippen MR) is 72.9 cm³/mol. The van der Waals surface area contributed by atoms with E-state index in [-0.39, 0.29) is 5.56 Å². The van der Waals surface area contributed by atoms with Gasteiger partial charge in [-0.25, -0.2) is 4.39 Å². The molecule has 0 radical (unpaired) electrons. The third-order valence-electron chi connectivity index (χ3n) is 2.49. The summed E-state index contributed by atoms with van der Waals surface area (Å²) in [5, 5.41) is 2.69. The monoisotopic (exact) mass is 317 g/mol. The molecule has 0 saturated carbocycles. The minimum Gasteiger partial charge on any atom is -0.497 e. The summed E-state index contributed by atoms with van der Waals surface area (Å²) in [4.78, 5) is 12.1. The van der Waals surface area contributed by atoms with E-state index in [2.05, 4.69) is 21.2 Å². The third kappa shape index (κ3) is 4.64. The lowest BCUT2D eigenvalue weighted by atomic mass is 10.2. The highest BCUT2D eigenvalue weighted by Gasteiger charge is 2.11. The van der Waals surface area contributed by atoms with E-state index >= 15 is 0 Å². The molecule has 1 unspecified atom stereocenters. The summed E-state index contributed by atoms with van der Waals surface area (Å²) in [6.45, 7) is 2.59. The third-order valence-corrected chi connectivity index (χ3v) is 2.94. The van der Waals surface area contributed by atoms with Crippen molar-refractivity contribution >= 4 is 21.8 Å². The van der Waals surface area contributed by atoms with Gasteiger partial charge in [-0.1, -0.05) is 22.9 Å². The van der Waals surface area contributed by atoms with Gasteiger partial charge in [0.2, 0.25) is 0 Å². The smallest absolute Gasteiger partial charge is 0.254 e. The lowest BCUT2D eigenvalue weighted by Crippen LogP contribution is -2.25. The minimum absolute atomic E-state index is 0.0442. The highest BCUT2D eigenvalue weighted by Crippen LogP contribution is 2.16. The molecule has 1 aromatic carbocycles. The number of alkyl halides is 1.